The Labute approximate surface area is 131 Å². The van der Waals surface area contributed by atoms with Crippen LogP contribution in [-0.2, 0) is 14.4 Å². The van der Waals surface area contributed by atoms with Gasteiger partial charge in [0, 0.05) is 31.5 Å². The summed E-state index contributed by atoms with van der Waals surface area (Å²) < 4.78 is 0. The van der Waals surface area contributed by atoms with Crippen LogP contribution in [0.2, 0.25) is 0 Å². The number of piperidine rings is 1. The molecular weight excluding hydrogens is 284 g/mol. The number of rotatable bonds is 4. The topological polar surface area (TPSA) is 86.7 Å². The molecule has 0 radical (unpaired) electrons. The summed E-state index contributed by atoms with van der Waals surface area (Å²) in [6, 6.07) is 0. The first-order chi connectivity index (χ1) is 10.2. The molecule has 1 saturated carbocycles. The van der Waals surface area contributed by atoms with E-state index in [1.54, 1.807) is 4.90 Å². The number of nitrogens with zero attached hydrogens (tertiary/aromatic N) is 1. The number of amides is 2. The molecule has 1 aliphatic carbocycles. The van der Waals surface area contributed by atoms with Crippen LogP contribution in [0.4, 0.5) is 0 Å². The van der Waals surface area contributed by atoms with E-state index in [1.165, 1.54) is 0 Å². The predicted octanol–water partition coefficient (Wildman–Crippen LogP) is 1.25. The number of carboxylic acids is 1. The Balaban J connectivity index is 1.70. The zero-order valence-corrected chi connectivity index (χ0v) is 13.6. The Bertz CT molecular complexity index is 473. The molecule has 1 heterocycles. The fraction of sp³-hybridized carbons (Fsp3) is 0.812. The monoisotopic (exact) mass is 310 g/mol. The van der Waals surface area contributed by atoms with Crippen LogP contribution < -0.4 is 5.32 Å². The maximum Gasteiger partial charge on any atom is 0.307 e. The first kappa shape index (κ1) is 16.8. The molecule has 6 nitrogen and oxygen atoms in total. The van der Waals surface area contributed by atoms with Gasteiger partial charge in [-0.2, -0.15) is 0 Å². The van der Waals surface area contributed by atoms with Crippen molar-refractivity contribution in [1.82, 2.24) is 10.2 Å². The van der Waals surface area contributed by atoms with E-state index in [1.807, 2.05) is 20.8 Å². The summed E-state index contributed by atoms with van der Waals surface area (Å²) in [5.41, 5.74) is -0.499. The quantitative estimate of drug-likeness (QED) is 0.818. The summed E-state index contributed by atoms with van der Waals surface area (Å²) in [7, 11) is 0. The van der Waals surface area contributed by atoms with E-state index >= 15 is 0 Å². The van der Waals surface area contributed by atoms with Gasteiger partial charge in [-0.1, -0.05) is 20.8 Å². The molecule has 0 aromatic rings. The highest BCUT2D eigenvalue weighted by atomic mass is 16.4. The van der Waals surface area contributed by atoms with Crippen LogP contribution in [0.25, 0.3) is 0 Å². The molecule has 2 amide bonds. The van der Waals surface area contributed by atoms with Crippen molar-refractivity contribution in [3.63, 3.8) is 0 Å². The summed E-state index contributed by atoms with van der Waals surface area (Å²) in [5.74, 6) is -0.933. The Kier molecular flexibility index (Phi) is 4.49. The lowest BCUT2D eigenvalue weighted by Gasteiger charge is -2.32. The van der Waals surface area contributed by atoms with Crippen molar-refractivity contribution in [2.24, 2.45) is 16.7 Å². The highest BCUT2D eigenvalue weighted by Crippen LogP contribution is 2.59. The van der Waals surface area contributed by atoms with Crippen molar-refractivity contribution in [3.8, 4) is 0 Å². The summed E-state index contributed by atoms with van der Waals surface area (Å²) >= 11 is 0. The standard InChI is InChI=1S/C16H26N2O4/c1-15(2,3)14(22)17-7-4-12(19)18-8-5-16(6-9-18)10-11(16)13(20)21/h11H,4-10H2,1-3H3,(H,17,22)(H,20,21). The molecule has 1 saturated heterocycles. The second kappa shape index (κ2) is 5.89. The molecule has 2 aliphatic rings. The van der Waals surface area contributed by atoms with Crippen LogP contribution in [0, 0.1) is 16.7 Å². The number of aliphatic carboxylic acids is 1. The van der Waals surface area contributed by atoms with Crippen LogP contribution in [-0.4, -0.2) is 47.4 Å². The molecule has 2 fully saturated rings. The maximum absolute atomic E-state index is 12.1. The van der Waals surface area contributed by atoms with Crippen molar-refractivity contribution in [2.45, 2.75) is 46.5 Å². The molecule has 22 heavy (non-hydrogen) atoms. The van der Waals surface area contributed by atoms with E-state index in [-0.39, 0.29) is 23.1 Å². The summed E-state index contributed by atoms with van der Waals surface area (Å²) in [6.07, 6.45) is 2.62. The van der Waals surface area contributed by atoms with Gasteiger partial charge in [0.25, 0.3) is 0 Å². The van der Waals surface area contributed by atoms with Gasteiger partial charge in [-0.25, -0.2) is 0 Å². The Hall–Kier alpha value is -1.59. The number of nitrogens with one attached hydrogen (secondary N) is 1. The van der Waals surface area contributed by atoms with E-state index in [0.717, 1.165) is 19.3 Å². The smallest absolute Gasteiger partial charge is 0.307 e. The van der Waals surface area contributed by atoms with Gasteiger partial charge in [-0.05, 0) is 24.7 Å². The third kappa shape index (κ3) is 3.59. The van der Waals surface area contributed by atoms with Crippen LogP contribution in [0.3, 0.4) is 0 Å². The number of carboxylic acid groups (broad SMARTS) is 1. The molecule has 1 spiro atoms. The van der Waals surface area contributed by atoms with Gasteiger partial charge in [0.05, 0.1) is 5.92 Å². The van der Waals surface area contributed by atoms with E-state index in [0.29, 0.717) is 26.1 Å². The number of likely N-dealkylation sites (tertiary alicyclic amines) is 1. The van der Waals surface area contributed by atoms with Crippen LogP contribution in [0.15, 0.2) is 0 Å². The minimum atomic E-state index is -0.704. The Morgan fingerprint density at radius 1 is 1.23 bits per heavy atom. The third-order valence-corrected chi connectivity index (χ3v) is 4.91. The van der Waals surface area contributed by atoms with Crippen molar-refractivity contribution in [1.29, 1.82) is 0 Å². The molecule has 1 aliphatic heterocycles. The van der Waals surface area contributed by atoms with Crippen molar-refractivity contribution >= 4 is 17.8 Å². The van der Waals surface area contributed by atoms with Crippen molar-refractivity contribution in [2.75, 3.05) is 19.6 Å². The molecule has 0 aromatic heterocycles. The average molecular weight is 310 g/mol. The highest BCUT2D eigenvalue weighted by Gasteiger charge is 2.59. The number of carbonyl (C=O) groups excluding carboxylic acids is 2. The van der Waals surface area contributed by atoms with E-state index in [2.05, 4.69) is 5.32 Å². The van der Waals surface area contributed by atoms with E-state index < -0.39 is 11.4 Å². The molecule has 2 N–H and O–H groups in total. The van der Waals surface area contributed by atoms with Crippen LogP contribution in [0.5, 0.6) is 0 Å². The Morgan fingerprint density at radius 3 is 2.27 bits per heavy atom. The number of hydrogen-bond donors (Lipinski definition) is 2. The summed E-state index contributed by atoms with van der Waals surface area (Å²) in [4.78, 5) is 36.7. The van der Waals surface area contributed by atoms with Gasteiger partial charge in [0.2, 0.25) is 11.8 Å². The van der Waals surface area contributed by atoms with Crippen LogP contribution in [0.1, 0.15) is 46.5 Å². The molecule has 1 atom stereocenters. The van der Waals surface area contributed by atoms with Gasteiger partial charge in [0.15, 0.2) is 0 Å². The highest BCUT2D eigenvalue weighted by molar-refractivity contribution is 5.82. The predicted molar refractivity (Wildman–Crippen MR) is 81.1 cm³/mol. The van der Waals surface area contributed by atoms with E-state index in [4.69, 9.17) is 5.11 Å². The lowest BCUT2D eigenvalue weighted by atomic mass is 9.90. The summed E-state index contributed by atoms with van der Waals surface area (Å²) in [5, 5.41) is 11.8. The molecular formula is C16H26N2O4. The Morgan fingerprint density at radius 2 is 1.82 bits per heavy atom. The molecule has 0 aromatic carbocycles. The lowest BCUT2D eigenvalue weighted by molar-refractivity contribution is -0.139. The minimum absolute atomic E-state index is 0.0385. The first-order valence-electron chi connectivity index (χ1n) is 7.95. The summed E-state index contributed by atoms with van der Waals surface area (Å²) in [6.45, 7) is 7.13. The molecule has 1 unspecified atom stereocenters. The van der Waals surface area contributed by atoms with Gasteiger partial charge >= 0.3 is 5.97 Å². The fourth-order valence-corrected chi connectivity index (χ4v) is 3.16. The van der Waals surface area contributed by atoms with Gasteiger partial charge in [0.1, 0.15) is 0 Å². The SMILES string of the molecule is CC(C)(C)C(=O)NCCC(=O)N1CCC2(CC1)CC2C(=O)O. The second-order valence-electron chi connectivity index (χ2n) is 7.59. The molecule has 124 valence electrons. The van der Waals surface area contributed by atoms with Gasteiger partial charge < -0.3 is 15.3 Å². The first-order valence-corrected chi connectivity index (χ1v) is 7.95. The molecule has 2 rings (SSSR count). The normalized spacial score (nSPS) is 23.2. The zero-order valence-electron chi connectivity index (χ0n) is 13.6. The van der Waals surface area contributed by atoms with Crippen molar-refractivity contribution in [3.05, 3.63) is 0 Å². The number of hydrogen-bond acceptors (Lipinski definition) is 3. The van der Waals surface area contributed by atoms with Gasteiger partial charge in [-0.15, -0.1) is 0 Å². The van der Waals surface area contributed by atoms with Crippen molar-refractivity contribution < 1.29 is 19.5 Å². The molecule has 6 heteroatoms. The zero-order chi connectivity index (χ0) is 16.5. The minimum Gasteiger partial charge on any atom is -0.481 e. The van der Waals surface area contributed by atoms with Gasteiger partial charge in [-0.3, -0.25) is 14.4 Å². The van der Waals surface area contributed by atoms with Crippen LogP contribution >= 0.6 is 0 Å². The number of carbonyl (C=O) groups is 3. The van der Waals surface area contributed by atoms with E-state index in [9.17, 15) is 14.4 Å². The second-order valence-corrected chi connectivity index (χ2v) is 7.59. The average Bonchev–Trinajstić information content (AvgIpc) is 3.12. The lowest BCUT2D eigenvalue weighted by Crippen LogP contribution is -2.42. The maximum atomic E-state index is 12.1. The fourth-order valence-electron chi connectivity index (χ4n) is 3.16. The largest absolute Gasteiger partial charge is 0.481 e. The third-order valence-electron chi connectivity index (χ3n) is 4.91. The molecule has 0 bridgehead atoms.